The number of aliphatic imine (C=N–C) groups is 1. The number of hydrogen-bond donors (Lipinski definition) is 2. The largest absolute Gasteiger partial charge is 0.325 e. The molecule has 21 heavy (non-hydrogen) atoms. The van der Waals surface area contributed by atoms with Gasteiger partial charge in [-0.25, -0.2) is 15.3 Å². The van der Waals surface area contributed by atoms with E-state index in [1.807, 2.05) is 30.3 Å². The van der Waals surface area contributed by atoms with Gasteiger partial charge in [-0.1, -0.05) is 30.3 Å². The molecule has 2 aromatic carbocycles. The first-order chi connectivity index (χ1) is 10.2. The Kier molecular flexibility index (Phi) is 3.48. The van der Waals surface area contributed by atoms with E-state index in [-0.39, 0.29) is 5.69 Å². The predicted molar refractivity (Wildman–Crippen MR) is 77.6 cm³/mol. The van der Waals surface area contributed by atoms with Crippen molar-refractivity contribution < 1.29 is 9.76 Å². The van der Waals surface area contributed by atoms with Crippen LogP contribution in [0.3, 0.4) is 0 Å². The van der Waals surface area contributed by atoms with Crippen LogP contribution in [0.2, 0.25) is 0 Å². The zero-order valence-corrected chi connectivity index (χ0v) is 10.9. The maximum atomic E-state index is 10.8. The van der Waals surface area contributed by atoms with Crippen LogP contribution in [-0.2, 0) is 4.84 Å². The normalized spacial score (nSPS) is 17.0. The van der Waals surface area contributed by atoms with Gasteiger partial charge in [0, 0.05) is 23.4 Å². The molecule has 3 rings (SSSR count). The fourth-order valence-corrected chi connectivity index (χ4v) is 1.93. The molecule has 1 heterocycles. The molecule has 0 amide bonds. The van der Waals surface area contributed by atoms with E-state index in [1.54, 1.807) is 12.1 Å². The van der Waals surface area contributed by atoms with Gasteiger partial charge in [0.05, 0.1) is 4.92 Å². The number of hydrogen-bond acceptors (Lipinski definition) is 6. The number of anilines is 1. The predicted octanol–water partition coefficient (Wildman–Crippen LogP) is 2.60. The minimum absolute atomic E-state index is 0.00997. The zero-order valence-electron chi connectivity index (χ0n) is 10.9. The van der Waals surface area contributed by atoms with Crippen LogP contribution in [0.1, 0.15) is 11.8 Å². The number of guanidine groups is 1. The molecule has 0 spiro atoms. The summed E-state index contributed by atoms with van der Waals surface area (Å²) in [6.45, 7) is 0. The van der Waals surface area contributed by atoms with E-state index < -0.39 is 11.2 Å². The Balaban J connectivity index is 1.76. The molecular weight excluding hydrogens is 272 g/mol. The fourth-order valence-electron chi connectivity index (χ4n) is 1.93. The number of benzene rings is 2. The highest BCUT2D eigenvalue weighted by Crippen LogP contribution is 2.25. The van der Waals surface area contributed by atoms with Crippen molar-refractivity contribution in [3.05, 3.63) is 70.3 Å². The Morgan fingerprint density at radius 1 is 1.19 bits per heavy atom. The summed E-state index contributed by atoms with van der Waals surface area (Å²) in [6.07, 6.45) is -0.615. The molecule has 0 aliphatic carbocycles. The highest BCUT2D eigenvalue weighted by atomic mass is 16.7. The maximum absolute atomic E-state index is 10.8. The van der Waals surface area contributed by atoms with Crippen molar-refractivity contribution in [2.75, 3.05) is 5.32 Å². The van der Waals surface area contributed by atoms with Gasteiger partial charge in [0.1, 0.15) is 0 Å². The smallest absolute Gasteiger partial charge is 0.269 e. The average molecular weight is 284 g/mol. The number of rotatable bonds is 3. The van der Waals surface area contributed by atoms with E-state index in [4.69, 9.17) is 4.84 Å². The zero-order chi connectivity index (χ0) is 14.7. The Morgan fingerprint density at radius 2 is 2.00 bits per heavy atom. The summed E-state index contributed by atoms with van der Waals surface area (Å²) in [6, 6.07) is 15.7. The number of nitro groups is 1. The first-order valence-electron chi connectivity index (χ1n) is 6.28. The van der Waals surface area contributed by atoms with Crippen molar-refractivity contribution in [1.82, 2.24) is 5.48 Å². The summed E-state index contributed by atoms with van der Waals surface area (Å²) < 4.78 is 0. The Morgan fingerprint density at radius 3 is 2.76 bits per heavy atom. The van der Waals surface area contributed by atoms with Gasteiger partial charge < -0.3 is 5.32 Å². The molecule has 0 fully saturated rings. The lowest BCUT2D eigenvalue weighted by molar-refractivity contribution is -0.385. The van der Waals surface area contributed by atoms with Crippen molar-refractivity contribution in [3.8, 4) is 0 Å². The summed E-state index contributed by atoms with van der Waals surface area (Å²) in [5.41, 5.74) is 4.16. The monoisotopic (exact) mass is 284 g/mol. The van der Waals surface area contributed by atoms with Gasteiger partial charge in [-0.15, -0.1) is 0 Å². The van der Waals surface area contributed by atoms with Crippen molar-refractivity contribution in [1.29, 1.82) is 0 Å². The fraction of sp³-hybridized carbons (Fsp3) is 0.0714. The maximum Gasteiger partial charge on any atom is 0.269 e. The van der Waals surface area contributed by atoms with E-state index in [1.165, 1.54) is 12.1 Å². The van der Waals surface area contributed by atoms with Crippen LogP contribution in [0.4, 0.5) is 11.4 Å². The van der Waals surface area contributed by atoms with Crippen molar-refractivity contribution in [3.63, 3.8) is 0 Å². The minimum Gasteiger partial charge on any atom is -0.325 e. The SMILES string of the molecule is O=[N+]([O-])c1cccc(C2N=C(Nc3ccccc3)NO2)c1. The van der Waals surface area contributed by atoms with Crippen LogP contribution < -0.4 is 10.8 Å². The van der Waals surface area contributed by atoms with Crippen LogP contribution in [-0.4, -0.2) is 10.9 Å². The molecular formula is C14H12N4O3. The number of nitrogens with one attached hydrogen (secondary N) is 2. The third kappa shape index (κ3) is 2.98. The van der Waals surface area contributed by atoms with Gasteiger partial charge in [-0.05, 0) is 12.1 Å². The molecule has 1 atom stereocenters. The lowest BCUT2D eigenvalue weighted by atomic mass is 10.2. The van der Waals surface area contributed by atoms with Crippen molar-refractivity contribution >= 4 is 17.3 Å². The third-order valence-electron chi connectivity index (χ3n) is 2.92. The first kappa shape index (κ1) is 13.1. The van der Waals surface area contributed by atoms with Gasteiger partial charge in [-0.3, -0.25) is 10.1 Å². The minimum atomic E-state index is -0.615. The number of nitrogens with zero attached hydrogens (tertiary/aromatic N) is 2. The Bertz CT molecular complexity index is 688. The number of para-hydroxylation sites is 1. The van der Waals surface area contributed by atoms with Gasteiger partial charge in [0.2, 0.25) is 12.2 Å². The molecule has 0 bridgehead atoms. The van der Waals surface area contributed by atoms with Gasteiger partial charge in [0.15, 0.2) is 0 Å². The standard InChI is InChI=1S/C14H12N4O3/c19-18(20)12-8-4-5-10(9-12)13-16-14(17-21-13)15-11-6-2-1-3-7-11/h1-9,13H,(H2,15,16,17). The van der Waals surface area contributed by atoms with E-state index in [0.717, 1.165) is 5.69 Å². The molecule has 1 aliphatic heterocycles. The van der Waals surface area contributed by atoms with Crippen molar-refractivity contribution in [2.45, 2.75) is 6.23 Å². The Hall–Kier alpha value is -2.93. The molecule has 106 valence electrons. The molecule has 1 aliphatic rings. The lowest BCUT2D eigenvalue weighted by Gasteiger charge is -2.05. The second-order valence-corrected chi connectivity index (χ2v) is 4.39. The number of hydroxylamine groups is 1. The molecule has 7 heteroatoms. The molecule has 0 saturated heterocycles. The van der Waals surface area contributed by atoms with Gasteiger partial charge in [-0.2, -0.15) is 0 Å². The summed E-state index contributed by atoms with van der Waals surface area (Å²) in [4.78, 5) is 20.0. The lowest BCUT2D eigenvalue weighted by Crippen LogP contribution is -2.24. The molecule has 0 aromatic heterocycles. The summed E-state index contributed by atoms with van der Waals surface area (Å²) in [5.74, 6) is 0.456. The quantitative estimate of drug-likeness (QED) is 0.668. The second kappa shape index (κ2) is 5.59. The molecule has 7 nitrogen and oxygen atoms in total. The van der Waals surface area contributed by atoms with Gasteiger partial charge in [0.25, 0.3) is 5.69 Å². The summed E-state index contributed by atoms with van der Waals surface area (Å²) >= 11 is 0. The number of nitro benzene ring substituents is 1. The van der Waals surface area contributed by atoms with E-state index >= 15 is 0 Å². The molecule has 2 N–H and O–H groups in total. The van der Waals surface area contributed by atoms with Crippen molar-refractivity contribution in [2.24, 2.45) is 4.99 Å². The summed E-state index contributed by atoms with van der Waals surface area (Å²) in [7, 11) is 0. The van der Waals surface area contributed by atoms with E-state index in [2.05, 4.69) is 15.8 Å². The highest BCUT2D eigenvalue weighted by Gasteiger charge is 2.21. The first-order valence-corrected chi connectivity index (χ1v) is 6.28. The third-order valence-corrected chi connectivity index (χ3v) is 2.92. The van der Waals surface area contributed by atoms with Crippen LogP contribution >= 0.6 is 0 Å². The number of non-ortho nitro benzene ring substituents is 1. The van der Waals surface area contributed by atoms with Crippen LogP contribution in [0, 0.1) is 10.1 Å². The van der Waals surface area contributed by atoms with E-state index in [9.17, 15) is 10.1 Å². The Labute approximate surface area is 120 Å². The van der Waals surface area contributed by atoms with E-state index in [0.29, 0.717) is 11.5 Å². The second-order valence-electron chi connectivity index (χ2n) is 4.39. The molecule has 1 unspecified atom stereocenters. The molecule has 0 saturated carbocycles. The van der Waals surface area contributed by atoms with Crippen LogP contribution in [0.15, 0.2) is 59.6 Å². The van der Waals surface area contributed by atoms with Gasteiger partial charge >= 0.3 is 0 Å². The topological polar surface area (TPSA) is 88.8 Å². The van der Waals surface area contributed by atoms with Crippen LogP contribution in [0.5, 0.6) is 0 Å². The average Bonchev–Trinajstić information content (AvgIpc) is 2.97. The summed E-state index contributed by atoms with van der Waals surface area (Å²) in [5, 5.41) is 13.8. The highest BCUT2D eigenvalue weighted by molar-refractivity contribution is 5.93. The molecule has 0 radical (unpaired) electrons. The molecule has 2 aromatic rings. The van der Waals surface area contributed by atoms with Crippen LogP contribution in [0.25, 0.3) is 0 Å².